The number of hydrogen-bond donors (Lipinski definition) is 1. The van der Waals surface area contributed by atoms with Crippen LogP contribution in [0, 0.1) is 5.92 Å². The fourth-order valence-electron chi connectivity index (χ4n) is 1.56. The Kier molecular flexibility index (Phi) is 4.99. The maximum atomic E-state index is 11.4. The van der Waals surface area contributed by atoms with E-state index in [9.17, 15) is 9.59 Å². The summed E-state index contributed by atoms with van der Waals surface area (Å²) in [5, 5.41) is 0. The summed E-state index contributed by atoms with van der Waals surface area (Å²) in [6, 6.07) is 0. The monoisotopic (exact) mass is 199 g/mol. The van der Waals surface area contributed by atoms with Gasteiger partial charge in [0.2, 0.25) is 0 Å². The van der Waals surface area contributed by atoms with Gasteiger partial charge in [0.05, 0.1) is 5.54 Å². The predicted molar refractivity (Wildman–Crippen MR) is 57.0 cm³/mol. The minimum atomic E-state index is -0.806. The van der Waals surface area contributed by atoms with E-state index in [2.05, 4.69) is 0 Å². The molecule has 0 aliphatic carbocycles. The molecule has 0 aromatic rings. The van der Waals surface area contributed by atoms with E-state index in [4.69, 9.17) is 5.73 Å². The van der Waals surface area contributed by atoms with Crippen LogP contribution < -0.4 is 5.73 Å². The molecule has 0 aliphatic rings. The molecule has 0 spiro atoms. The van der Waals surface area contributed by atoms with Crippen molar-refractivity contribution < 1.29 is 9.59 Å². The predicted octanol–water partition coefficient (Wildman–Crippen LogP) is 1.69. The van der Waals surface area contributed by atoms with Crippen LogP contribution in [0.5, 0.6) is 0 Å². The van der Waals surface area contributed by atoms with Gasteiger partial charge in [-0.25, -0.2) is 0 Å². The van der Waals surface area contributed by atoms with Gasteiger partial charge in [0.15, 0.2) is 0 Å². The Morgan fingerprint density at radius 1 is 1.36 bits per heavy atom. The molecule has 0 fully saturated rings. The van der Waals surface area contributed by atoms with E-state index in [0.29, 0.717) is 12.8 Å². The molecule has 0 aromatic carbocycles. The van der Waals surface area contributed by atoms with Crippen molar-refractivity contribution in [1.82, 2.24) is 0 Å². The Bertz CT molecular complexity index is 225. The average Bonchev–Trinajstić information content (AvgIpc) is 2.03. The Labute approximate surface area is 86.1 Å². The summed E-state index contributed by atoms with van der Waals surface area (Å²) in [4.78, 5) is 22.5. The average molecular weight is 199 g/mol. The van der Waals surface area contributed by atoms with E-state index in [1.54, 1.807) is 0 Å². The molecule has 0 rings (SSSR count). The standard InChI is InChI=1S/C11H21NO2/c1-5-6-11(12,10(4)14)7-8(2)9(3)13/h8H,5-7,12H2,1-4H3. The molecule has 0 heterocycles. The third-order valence-electron chi connectivity index (χ3n) is 2.76. The molecule has 2 atom stereocenters. The second-order valence-corrected chi connectivity index (χ2v) is 4.18. The number of hydrogen-bond acceptors (Lipinski definition) is 3. The van der Waals surface area contributed by atoms with E-state index in [-0.39, 0.29) is 17.5 Å². The minimum absolute atomic E-state index is 0.0209. The van der Waals surface area contributed by atoms with E-state index >= 15 is 0 Å². The summed E-state index contributed by atoms with van der Waals surface area (Å²) >= 11 is 0. The minimum Gasteiger partial charge on any atom is -0.319 e. The molecule has 0 radical (unpaired) electrons. The molecule has 0 saturated heterocycles. The lowest BCUT2D eigenvalue weighted by atomic mass is 9.81. The van der Waals surface area contributed by atoms with Crippen LogP contribution in [-0.2, 0) is 9.59 Å². The topological polar surface area (TPSA) is 60.2 Å². The van der Waals surface area contributed by atoms with E-state index in [1.165, 1.54) is 13.8 Å². The summed E-state index contributed by atoms with van der Waals surface area (Å²) in [6.45, 7) is 6.85. The summed E-state index contributed by atoms with van der Waals surface area (Å²) in [5.41, 5.74) is 5.18. The third-order valence-corrected chi connectivity index (χ3v) is 2.76. The summed E-state index contributed by atoms with van der Waals surface area (Å²) in [6.07, 6.45) is 1.98. The van der Waals surface area contributed by atoms with Crippen molar-refractivity contribution in [2.24, 2.45) is 11.7 Å². The highest BCUT2D eigenvalue weighted by Gasteiger charge is 2.32. The quantitative estimate of drug-likeness (QED) is 0.708. The zero-order valence-corrected chi connectivity index (χ0v) is 9.59. The molecular weight excluding hydrogens is 178 g/mol. The highest BCUT2D eigenvalue weighted by molar-refractivity contribution is 5.87. The van der Waals surface area contributed by atoms with Crippen LogP contribution in [0.1, 0.15) is 47.0 Å². The zero-order valence-electron chi connectivity index (χ0n) is 9.59. The van der Waals surface area contributed by atoms with Gasteiger partial charge in [-0.3, -0.25) is 9.59 Å². The maximum Gasteiger partial charge on any atom is 0.149 e. The Morgan fingerprint density at radius 2 is 1.86 bits per heavy atom. The van der Waals surface area contributed by atoms with Gasteiger partial charge < -0.3 is 5.73 Å². The molecule has 0 amide bonds. The fourth-order valence-corrected chi connectivity index (χ4v) is 1.56. The van der Waals surface area contributed by atoms with Crippen LogP contribution in [0.2, 0.25) is 0 Å². The lowest BCUT2D eigenvalue weighted by molar-refractivity contribution is -0.125. The highest BCUT2D eigenvalue weighted by Crippen LogP contribution is 2.21. The van der Waals surface area contributed by atoms with Crippen LogP contribution in [0.3, 0.4) is 0 Å². The van der Waals surface area contributed by atoms with Gasteiger partial charge >= 0.3 is 0 Å². The van der Waals surface area contributed by atoms with Crippen molar-refractivity contribution in [2.45, 2.75) is 52.5 Å². The van der Waals surface area contributed by atoms with E-state index in [0.717, 1.165) is 6.42 Å². The lowest BCUT2D eigenvalue weighted by Gasteiger charge is -2.28. The highest BCUT2D eigenvalue weighted by atomic mass is 16.1. The number of ketones is 2. The van der Waals surface area contributed by atoms with Gasteiger partial charge in [-0.1, -0.05) is 20.3 Å². The third kappa shape index (κ3) is 3.58. The maximum absolute atomic E-state index is 11.4. The van der Waals surface area contributed by atoms with Crippen LogP contribution >= 0.6 is 0 Å². The van der Waals surface area contributed by atoms with Crippen molar-refractivity contribution in [2.75, 3.05) is 0 Å². The second kappa shape index (κ2) is 5.25. The van der Waals surface area contributed by atoms with Crippen molar-refractivity contribution >= 4 is 11.6 Å². The van der Waals surface area contributed by atoms with Gasteiger partial charge in [0.25, 0.3) is 0 Å². The molecule has 3 nitrogen and oxygen atoms in total. The van der Waals surface area contributed by atoms with Gasteiger partial charge in [0, 0.05) is 5.92 Å². The number of rotatable bonds is 6. The molecular formula is C11H21NO2. The van der Waals surface area contributed by atoms with Gasteiger partial charge in [-0.15, -0.1) is 0 Å². The SMILES string of the molecule is CCCC(N)(CC(C)C(C)=O)C(C)=O. The van der Waals surface area contributed by atoms with Crippen LogP contribution in [0.15, 0.2) is 0 Å². The number of carbonyl (C=O) groups excluding carboxylic acids is 2. The molecule has 0 saturated carbocycles. The van der Waals surface area contributed by atoms with Crippen LogP contribution in [0.25, 0.3) is 0 Å². The molecule has 2 N–H and O–H groups in total. The largest absolute Gasteiger partial charge is 0.319 e. The molecule has 14 heavy (non-hydrogen) atoms. The summed E-state index contributed by atoms with van der Waals surface area (Å²) in [5.74, 6) is -0.0555. The molecule has 2 unspecified atom stereocenters. The van der Waals surface area contributed by atoms with E-state index < -0.39 is 5.54 Å². The smallest absolute Gasteiger partial charge is 0.149 e. The number of nitrogens with two attached hydrogens (primary N) is 1. The molecule has 0 aliphatic heterocycles. The first-order chi connectivity index (χ1) is 6.33. The number of carbonyl (C=O) groups is 2. The second-order valence-electron chi connectivity index (χ2n) is 4.18. The van der Waals surface area contributed by atoms with Crippen molar-refractivity contribution in [1.29, 1.82) is 0 Å². The first-order valence-electron chi connectivity index (χ1n) is 5.14. The summed E-state index contributed by atoms with van der Waals surface area (Å²) in [7, 11) is 0. The number of Topliss-reactive ketones (excluding diaryl/α,β-unsaturated/α-hetero) is 2. The van der Waals surface area contributed by atoms with Crippen molar-refractivity contribution in [3.05, 3.63) is 0 Å². The Balaban J connectivity index is 4.52. The molecule has 82 valence electrons. The first-order valence-corrected chi connectivity index (χ1v) is 5.14. The van der Waals surface area contributed by atoms with Crippen molar-refractivity contribution in [3.8, 4) is 0 Å². The van der Waals surface area contributed by atoms with Crippen LogP contribution in [0.4, 0.5) is 0 Å². The molecule has 0 bridgehead atoms. The first kappa shape index (κ1) is 13.3. The van der Waals surface area contributed by atoms with Crippen LogP contribution in [-0.4, -0.2) is 17.1 Å². The Hall–Kier alpha value is -0.700. The van der Waals surface area contributed by atoms with E-state index in [1.807, 2.05) is 13.8 Å². The molecule has 3 heteroatoms. The van der Waals surface area contributed by atoms with Gasteiger partial charge in [0.1, 0.15) is 11.6 Å². The van der Waals surface area contributed by atoms with Gasteiger partial charge in [-0.05, 0) is 26.7 Å². The molecule has 0 aromatic heterocycles. The van der Waals surface area contributed by atoms with Crippen molar-refractivity contribution in [3.63, 3.8) is 0 Å². The zero-order chi connectivity index (χ0) is 11.4. The van der Waals surface area contributed by atoms with Gasteiger partial charge in [-0.2, -0.15) is 0 Å². The normalized spacial score (nSPS) is 17.2. The Morgan fingerprint density at radius 3 is 2.14 bits per heavy atom. The summed E-state index contributed by atoms with van der Waals surface area (Å²) < 4.78 is 0. The lowest BCUT2D eigenvalue weighted by Crippen LogP contribution is -2.48. The fraction of sp³-hybridized carbons (Fsp3) is 0.818.